The number of likely N-dealkylation sites (tertiary alicyclic amines) is 1. The number of carbonyl (C=O) groups is 2. The van der Waals surface area contributed by atoms with Gasteiger partial charge in [-0.05, 0) is 43.2 Å². The van der Waals surface area contributed by atoms with Crippen molar-refractivity contribution in [2.45, 2.75) is 51.0 Å². The van der Waals surface area contributed by atoms with E-state index in [1.54, 1.807) is 4.90 Å². The normalized spacial score (nSPS) is 19.8. The maximum Gasteiger partial charge on any atom is 0.222 e. The zero-order valence-corrected chi connectivity index (χ0v) is 14.8. The number of carbonyl (C=O) groups excluding carboxylic acids is 2. The summed E-state index contributed by atoms with van der Waals surface area (Å²) in [5.41, 5.74) is 2.73. The van der Waals surface area contributed by atoms with Crippen molar-refractivity contribution in [1.29, 1.82) is 0 Å². The van der Waals surface area contributed by atoms with Gasteiger partial charge in [0.2, 0.25) is 11.8 Å². The summed E-state index contributed by atoms with van der Waals surface area (Å²) in [4.78, 5) is 25.1. The molecule has 1 fully saturated rings. The summed E-state index contributed by atoms with van der Waals surface area (Å²) in [5, 5.41) is 2.92. The second-order valence-corrected chi connectivity index (χ2v) is 6.89. The zero-order valence-electron chi connectivity index (χ0n) is 14.8. The second kappa shape index (κ2) is 8.99. The van der Waals surface area contributed by atoms with Gasteiger partial charge in [-0.15, -0.1) is 0 Å². The van der Waals surface area contributed by atoms with Crippen molar-refractivity contribution >= 4 is 11.8 Å². The number of benzene rings is 1. The van der Waals surface area contributed by atoms with Crippen LogP contribution in [0.25, 0.3) is 0 Å². The monoisotopic (exact) mass is 344 g/mol. The highest BCUT2D eigenvalue weighted by molar-refractivity contribution is 5.80. The van der Waals surface area contributed by atoms with Gasteiger partial charge in [0, 0.05) is 39.1 Å². The SMILES string of the molecule is O=C(CCN1CCCC1=O)NCCCOC1CCCc2ccccc21. The fraction of sp³-hybridized carbons (Fsp3) is 0.600. The lowest BCUT2D eigenvalue weighted by molar-refractivity contribution is -0.128. The van der Waals surface area contributed by atoms with Gasteiger partial charge in [0.25, 0.3) is 0 Å². The zero-order chi connectivity index (χ0) is 17.5. The van der Waals surface area contributed by atoms with Gasteiger partial charge in [-0.1, -0.05) is 24.3 Å². The van der Waals surface area contributed by atoms with E-state index < -0.39 is 0 Å². The second-order valence-electron chi connectivity index (χ2n) is 6.89. The van der Waals surface area contributed by atoms with E-state index in [1.807, 2.05) is 0 Å². The van der Waals surface area contributed by atoms with Gasteiger partial charge in [0.1, 0.15) is 0 Å². The van der Waals surface area contributed by atoms with Gasteiger partial charge in [-0.3, -0.25) is 9.59 Å². The van der Waals surface area contributed by atoms with Crippen LogP contribution in [-0.4, -0.2) is 43.0 Å². The fourth-order valence-corrected chi connectivity index (χ4v) is 3.67. The Bertz CT molecular complexity index is 602. The first-order valence-electron chi connectivity index (χ1n) is 9.48. The summed E-state index contributed by atoms with van der Waals surface area (Å²) in [7, 11) is 0. The van der Waals surface area contributed by atoms with Gasteiger partial charge in [0.15, 0.2) is 0 Å². The van der Waals surface area contributed by atoms with Gasteiger partial charge in [-0.25, -0.2) is 0 Å². The van der Waals surface area contributed by atoms with Crippen LogP contribution in [0.5, 0.6) is 0 Å². The van der Waals surface area contributed by atoms with Crippen molar-refractivity contribution in [3.8, 4) is 0 Å². The number of amides is 2. The molecule has 2 amide bonds. The number of aryl methyl sites for hydroxylation is 1. The van der Waals surface area contributed by atoms with Crippen LogP contribution in [-0.2, 0) is 20.7 Å². The van der Waals surface area contributed by atoms with Crippen LogP contribution < -0.4 is 5.32 Å². The molecular formula is C20H28N2O3. The predicted molar refractivity (Wildman–Crippen MR) is 96.1 cm³/mol. The summed E-state index contributed by atoms with van der Waals surface area (Å²) in [6, 6.07) is 8.52. The number of ether oxygens (including phenoxy) is 1. The Morgan fingerprint density at radius 1 is 1.24 bits per heavy atom. The topological polar surface area (TPSA) is 58.6 Å². The molecule has 3 rings (SSSR count). The lowest BCUT2D eigenvalue weighted by Gasteiger charge is -2.25. The third kappa shape index (κ3) is 5.05. The number of hydrogen-bond donors (Lipinski definition) is 1. The molecule has 1 aliphatic heterocycles. The van der Waals surface area contributed by atoms with Crippen molar-refractivity contribution in [2.24, 2.45) is 0 Å². The Labute approximate surface area is 149 Å². The van der Waals surface area contributed by atoms with Crippen LogP contribution in [0.15, 0.2) is 24.3 Å². The molecule has 1 atom stereocenters. The summed E-state index contributed by atoms with van der Waals surface area (Å²) >= 11 is 0. The van der Waals surface area contributed by atoms with Crippen molar-refractivity contribution in [3.63, 3.8) is 0 Å². The first-order valence-corrected chi connectivity index (χ1v) is 9.48. The Morgan fingerprint density at radius 3 is 2.96 bits per heavy atom. The molecule has 5 heteroatoms. The minimum absolute atomic E-state index is 0.0164. The molecule has 1 aromatic carbocycles. The van der Waals surface area contributed by atoms with E-state index in [2.05, 4.69) is 29.6 Å². The number of fused-ring (bicyclic) bond motifs is 1. The molecule has 0 saturated carbocycles. The molecule has 1 saturated heterocycles. The predicted octanol–water partition coefficient (Wildman–Crippen LogP) is 2.60. The highest BCUT2D eigenvalue weighted by atomic mass is 16.5. The minimum Gasteiger partial charge on any atom is -0.373 e. The molecule has 0 spiro atoms. The van der Waals surface area contributed by atoms with E-state index >= 15 is 0 Å². The van der Waals surface area contributed by atoms with Crippen LogP contribution in [0.2, 0.25) is 0 Å². The lowest BCUT2D eigenvalue weighted by atomic mass is 9.89. The number of rotatable bonds is 8. The maximum atomic E-state index is 11.8. The average molecular weight is 344 g/mol. The van der Waals surface area contributed by atoms with Gasteiger partial charge in [-0.2, -0.15) is 0 Å². The Kier molecular flexibility index (Phi) is 6.45. The minimum atomic E-state index is 0.0164. The first-order chi connectivity index (χ1) is 12.2. The van der Waals surface area contributed by atoms with Crippen LogP contribution in [0.3, 0.4) is 0 Å². The van der Waals surface area contributed by atoms with E-state index in [0.717, 1.165) is 32.2 Å². The molecule has 1 aliphatic carbocycles. The van der Waals surface area contributed by atoms with Gasteiger partial charge < -0.3 is 15.0 Å². The molecule has 5 nitrogen and oxygen atoms in total. The molecule has 0 radical (unpaired) electrons. The third-order valence-electron chi connectivity index (χ3n) is 5.06. The smallest absolute Gasteiger partial charge is 0.222 e. The van der Waals surface area contributed by atoms with Gasteiger partial charge >= 0.3 is 0 Å². The maximum absolute atomic E-state index is 11.8. The molecule has 1 unspecified atom stereocenters. The molecule has 1 heterocycles. The standard InChI is InChI=1S/C20H28N2O3/c23-19(11-14-22-13-4-10-20(22)24)21-12-5-15-25-18-9-3-7-16-6-1-2-8-17(16)18/h1-2,6,8,18H,3-5,7,9-15H2,(H,21,23). The Morgan fingerprint density at radius 2 is 2.12 bits per heavy atom. The molecule has 136 valence electrons. The summed E-state index contributed by atoms with van der Waals surface area (Å²) in [6.07, 6.45) is 6.34. The molecular weight excluding hydrogens is 316 g/mol. The van der Waals surface area contributed by atoms with E-state index in [9.17, 15) is 9.59 Å². The largest absolute Gasteiger partial charge is 0.373 e. The Balaban J connectivity index is 1.29. The van der Waals surface area contributed by atoms with Gasteiger partial charge in [0.05, 0.1) is 6.10 Å². The number of nitrogens with one attached hydrogen (secondary N) is 1. The van der Waals surface area contributed by atoms with Crippen LogP contribution in [0, 0.1) is 0 Å². The van der Waals surface area contributed by atoms with Crippen molar-refractivity contribution in [3.05, 3.63) is 35.4 Å². The molecule has 25 heavy (non-hydrogen) atoms. The first kappa shape index (κ1) is 17.9. The number of nitrogens with zero attached hydrogens (tertiary/aromatic N) is 1. The number of hydrogen-bond acceptors (Lipinski definition) is 3. The summed E-state index contributed by atoms with van der Waals surface area (Å²) in [6.45, 7) is 2.62. The van der Waals surface area contributed by atoms with Crippen LogP contribution in [0.1, 0.15) is 55.8 Å². The molecule has 1 aromatic rings. The molecule has 1 N–H and O–H groups in total. The van der Waals surface area contributed by atoms with E-state index in [4.69, 9.17) is 4.74 Å². The van der Waals surface area contributed by atoms with Crippen LogP contribution in [0.4, 0.5) is 0 Å². The van der Waals surface area contributed by atoms with E-state index in [0.29, 0.717) is 32.5 Å². The van der Waals surface area contributed by atoms with Crippen molar-refractivity contribution < 1.29 is 14.3 Å². The van der Waals surface area contributed by atoms with E-state index in [-0.39, 0.29) is 17.9 Å². The fourth-order valence-electron chi connectivity index (χ4n) is 3.67. The lowest BCUT2D eigenvalue weighted by Crippen LogP contribution is -2.32. The average Bonchev–Trinajstić information content (AvgIpc) is 3.05. The summed E-state index contributed by atoms with van der Waals surface area (Å²) in [5.74, 6) is 0.191. The van der Waals surface area contributed by atoms with Crippen LogP contribution >= 0.6 is 0 Å². The summed E-state index contributed by atoms with van der Waals surface area (Å²) < 4.78 is 6.04. The molecule has 0 aromatic heterocycles. The van der Waals surface area contributed by atoms with E-state index in [1.165, 1.54) is 17.5 Å². The van der Waals surface area contributed by atoms with Crippen molar-refractivity contribution in [1.82, 2.24) is 10.2 Å². The highest BCUT2D eigenvalue weighted by Crippen LogP contribution is 2.32. The molecule has 0 bridgehead atoms. The highest BCUT2D eigenvalue weighted by Gasteiger charge is 2.21. The Hall–Kier alpha value is -1.88. The van der Waals surface area contributed by atoms with Crippen molar-refractivity contribution in [2.75, 3.05) is 26.2 Å². The quantitative estimate of drug-likeness (QED) is 0.738. The molecule has 2 aliphatic rings. The third-order valence-corrected chi connectivity index (χ3v) is 5.06.